The fourth-order valence-corrected chi connectivity index (χ4v) is 3.01. The first-order valence-electron chi connectivity index (χ1n) is 8.35. The van der Waals surface area contributed by atoms with E-state index in [-0.39, 0.29) is 5.91 Å². The summed E-state index contributed by atoms with van der Waals surface area (Å²) in [6.07, 6.45) is 0.945. The molecule has 1 aliphatic heterocycles. The summed E-state index contributed by atoms with van der Waals surface area (Å²) in [6, 6.07) is 13.9. The summed E-state index contributed by atoms with van der Waals surface area (Å²) < 4.78 is 6.07. The molecule has 0 radical (unpaired) electrons. The van der Waals surface area contributed by atoms with Crippen LogP contribution >= 0.6 is 0 Å². The molecule has 1 fully saturated rings. The maximum Gasteiger partial charge on any atom is 0.263 e. The second-order valence-corrected chi connectivity index (χ2v) is 5.96. The third kappa shape index (κ3) is 3.35. The number of nitrogens with zero attached hydrogens (tertiary/aromatic N) is 2. The van der Waals surface area contributed by atoms with E-state index in [0.29, 0.717) is 32.6 Å². The molecule has 1 saturated heterocycles. The first-order chi connectivity index (χ1) is 11.7. The molecule has 5 nitrogen and oxygen atoms in total. The van der Waals surface area contributed by atoms with Crippen molar-refractivity contribution in [1.29, 1.82) is 0 Å². The van der Waals surface area contributed by atoms with Gasteiger partial charge in [-0.05, 0) is 17.9 Å². The predicted octanol–water partition coefficient (Wildman–Crippen LogP) is 2.30. The molecule has 1 unspecified atom stereocenters. The number of amides is 2. The van der Waals surface area contributed by atoms with Gasteiger partial charge in [0.25, 0.3) is 5.91 Å². The van der Waals surface area contributed by atoms with Crippen molar-refractivity contribution in [2.45, 2.75) is 19.4 Å². The van der Waals surface area contributed by atoms with Crippen molar-refractivity contribution >= 4 is 23.1 Å². The van der Waals surface area contributed by atoms with Crippen molar-refractivity contribution in [1.82, 2.24) is 9.80 Å². The van der Waals surface area contributed by atoms with Crippen LogP contribution in [0.1, 0.15) is 13.3 Å². The van der Waals surface area contributed by atoms with Gasteiger partial charge in [0.2, 0.25) is 6.41 Å². The lowest BCUT2D eigenvalue weighted by Gasteiger charge is -2.34. The van der Waals surface area contributed by atoms with Gasteiger partial charge in [-0.25, -0.2) is 0 Å². The van der Waals surface area contributed by atoms with Gasteiger partial charge in [0, 0.05) is 31.6 Å². The third-order valence-corrected chi connectivity index (χ3v) is 4.44. The molecule has 1 atom stereocenters. The van der Waals surface area contributed by atoms with E-state index >= 15 is 0 Å². The number of carbonyl (C=O) groups excluding carboxylic acids is 2. The Hall–Kier alpha value is -2.56. The van der Waals surface area contributed by atoms with E-state index in [1.165, 1.54) is 0 Å². The molecule has 5 heteroatoms. The van der Waals surface area contributed by atoms with Gasteiger partial charge < -0.3 is 14.5 Å². The van der Waals surface area contributed by atoms with Crippen LogP contribution in [0.25, 0.3) is 10.8 Å². The van der Waals surface area contributed by atoms with E-state index in [9.17, 15) is 9.59 Å². The van der Waals surface area contributed by atoms with Crippen LogP contribution in [0.15, 0.2) is 42.5 Å². The van der Waals surface area contributed by atoms with Gasteiger partial charge in [0.1, 0.15) is 5.75 Å². The van der Waals surface area contributed by atoms with Gasteiger partial charge >= 0.3 is 0 Å². The number of carbonyl (C=O) groups is 2. The van der Waals surface area contributed by atoms with E-state index in [0.717, 1.165) is 22.9 Å². The summed E-state index contributed by atoms with van der Waals surface area (Å²) >= 11 is 0. The number of benzene rings is 2. The highest BCUT2D eigenvalue weighted by atomic mass is 16.5. The fraction of sp³-hybridized carbons (Fsp3) is 0.368. The van der Waals surface area contributed by atoms with Gasteiger partial charge in [0.05, 0.1) is 0 Å². The molecule has 0 N–H and O–H groups in total. The van der Waals surface area contributed by atoms with Crippen molar-refractivity contribution in [2.24, 2.45) is 0 Å². The van der Waals surface area contributed by atoms with Crippen LogP contribution in [0.4, 0.5) is 0 Å². The van der Waals surface area contributed by atoms with Gasteiger partial charge in [-0.3, -0.25) is 9.59 Å². The molecule has 0 bridgehead atoms. The Kier molecular flexibility index (Phi) is 4.99. The normalized spacial score (nSPS) is 16.0. The van der Waals surface area contributed by atoms with Crippen LogP contribution in [0, 0.1) is 0 Å². The smallest absolute Gasteiger partial charge is 0.263 e. The Morgan fingerprint density at radius 1 is 1.12 bits per heavy atom. The zero-order valence-corrected chi connectivity index (χ0v) is 13.9. The molecule has 1 heterocycles. The summed E-state index contributed by atoms with van der Waals surface area (Å²) in [6.45, 7) is 4.25. The summed E-state index contributed by atoms with van der Waals surface area (Å²) in [7, 11) is 0. The lowest BCUT2D eigenvalue weighted by Crippen LogP contribution is -2.51. The molecule has 0 saturated carbocycles. The summed E-state index contributed by atoms with van der Waals surface area (Å²) in [5, 5.41) is 2.11. The quantitative estimate of drug-likeness (QED) is 0.792. The van der Waals surface area contributed by atoms with E-state index in [2.05, 4.69) is 0 Å². The van der Waals surface area contributed by atoms with Crippen LogP contribution in [-0.4, -0.2) is 54.4 Å². The minimum Gasteiger partial charge on any atom is -0.480 e. The van der Waals surface area contributed by atoms with Crippen LogP contribution in [-0.2, 0) is 9.59 Å². The van der Waals surface area contributed by atoms with Crippen molar-refractivity contribution in [3.8, 4) is 5.75 Å². The highest BCUT2D eigenvalue weighted by molar-refractivity contribution is 5.89. The first-order valence-corrected chi connectivity index (χ1v) is 8.35. The zero-order valence-electron chi connectivity index (χ0n) is 13.9. The summed E-state index contributed by atoms with van der Waals surface area (Å²) in [5.74, 6) is 0.732. The molecular formula is C19H22N2O3. The third-order valence-electron chi connectivity index (χ3n) is 4.44. The Labute approximate surface area is 141 Å². The van der Waals surface area contributed by atoms with Gasteiger partial charge in [-0.1, -0.05) is 43.3 Å². The van der Waals surface area contributed by atoms with Gasteiger partial charge in [0.15, 0.2) is 6.10 Å². The molecule has 0 aromatic heterocycles. The largest absolute Gasteiger partial charge is 0.480 e. The molecule has 126 valence electrons. The Morgan fingerprint density at radius 3 is 2.54 bits per heavy atom. The lowest BCUT2D eigenvalue weighted by atomic mass is 10.1. The number of piperazine rings is 1. The van der Waals surface area contributed by atoms with Crippen LogP contribution in [0.5, 0.6) is 5.75 Å². The SMILES string of the molecule is CCC(Oc1cccc2ccccc12)C(=O)N1CCN(C=O)CC1. The molecule has 2 amide bonds. The maximum atomic E-state index is 12.8. The molecule has 24 heavy (non-hydrogen) atoms. The predicted molar refractivity (Wildman–Crippen MR) is 92.9 cm³/mol. The average molecular weight is 326 g/mol. The first kappa shape index (κ1) is 16.3. The summed E-state index contributed by atoms with van der Waals surface area (Å²) in [5.41, 5.74) is 0. The fourth-order valence-electron chi connectivity index (χ4n) is 3.01. The minimum atomic E-state index is -0.501. The number of hydrogen-bond acceptors (Lipinski definition) is 3. The Morgan fingerprint density at radius 2 is 1.83 bits per heavy atom. The Bertz CT molecular complexity index is 718. The highest BCUT2D eigenvalue weighted by Gasteiger charge is 2.27. The molecule has 2 aromatic rings. The van der Waals surface area contributed by atoms with Crippen LogP contribution in [0.3, 0.4) is 0 Å². The average Bonchev–Trinajstić information content (AvgIpc) is 2.65. The van der Waals surface area contributed by atoms with Crippen molar-refractivity contribution in [3.05, 3.63) is 42.5 Å². The Balaban J connectivity index is 1.74. The maximum absolute atomic E-state index is 12.8. The van der Waals surface area contributed by atoms with Crippen LogP contribution in [0.2, 0.25) is 0 Å². The van der Waals surface area contributed by atoms with E-state index in [4.69, 9.17) is 4.74 Å². The number of rotatable bonds is 5. The number of fused-ring (bicyclic) bond motifs is 1. The van der Waals surface area contributed by atoms with Crippen molar-refractivity contribution < 1.29 is 14.3 Å². The van der Waals surface area contributed by atoms with E-state index in [1.807, 2.05) is 49.4 Å². The topological polar surface area (TPSA) is 49.9 Å². The minimum absolute atomic E-state index is 0.00372. The van der Waals surface area contributed by atoms with Gasteiger partial charge in [-0.15, -0.1) is 0 Å². The molecule has 0 spiro atoms. The number of ether oxygens (including phenoxy) is 1. The van der Waals surface area contributed by atoms with E-state index < -0.39 is 6.10 Å². The standard InChI is InChI=1S/C19H22N2O3/c1-2-17(19(23)21-12-10-20(14-22)11-13-21)24-18-9-5-7-15-6-3-4-8-16(15)18/h3-9,14,17H,2,10-13H2,1H3. The molecule has 3 rings (SSSR count). The summed E-state index contributed by atoms with van der Waals surface area (Å²) in [4.78, 5) is 27.0. The lowest BCUT2D eigenvalue weighted by molar-refractivity contribution is -0.142. The molecular weight excluding hydrogens is 304 g/mol. The monoisotopic (exact) mass is 326 g/mol. The van der Waals surface area contributed by atoms with Gasteiger partial charge in [-0.2, -0.15) is 0 Å². The van der Waals surface area contributed by atoms with Crippen molar-refractivity contribution in [2.75, 3.05) is 26.2 Å². The molecule has 1 aliphatic rings. The second kappa shape index (κ2) is 7.34. The molecule has 0 aliphatic carbocycles. The van der Waals surface area contributed by atoms with E-state index in [1.54, 1.807) is 9.80 Å². The second-order valence-electron chi connectivity index (χ2n) is 5.96. The highest BCUT2D eigenvalue weighted by Crippen LogP contribution is 2.27. The van der Waals surface area contributed by atoms with Crippen molar-refractivity contribution in [3.63, 3.8) is 0 Å². The van der Waals surface area contributed by atoms with Crippen LogP contribution < -0.4 is 4.74 Å². The zero-order chi connectivity index (χ0) is 16.9. The molecule has 2 aromatic carbocycles. The number of hydrogen-bond donors (Lipinski definition) is 0.